The molecule has 0 radical (unpaired) electrons. The van der Waals surface area contributed by atoms with Crippen molar-refractivity contribution >= 4 is 12.4 Å². The zero-order valence-corrected chi connectivity index (χ0v) is 11.2. The minimum absolute atomic E-state index is 0.0933. The summed E-state index contributed by atoms with van der Waals surface area (Å²) >= 11 is 0. The zero-order valence-electron chi connectivity index (χ0n) is 11.2. The van der Waals surface area contributed by atoms with Gasteiger partial charge in [-0.2, -0.15) is 0 Å². The molecule has 1 rings (SSSR count). The SMILES string of the molecule is CC(C=O)C1CCN(C(=O)OC(C)(C)C)CC1. The Morgan fingerprint density at radius 3 is 2.29 bits per heavy atom. The lowest BCUT2D eigenvalue weighted by Gasteiger charge is -2.34. The average Bonchev–Trinajstić information content (AvgIpc) is 2.26. The van der Waals surface area contributed by atoms with Crippen molar-refractivity contribution in [2.24, 2.45) is 11.8 Å². The van der Waals surface area contributed by atoms with Gasteiger partial charge in [-0.15, -0.1) is 0 Å². The van der Waals surface area contributed by atoms with Gasteiger partial charge in [0.25, 0.3) is 0 Å². The molecule has 0 aromatic rings. The molecule has 1 heterocycles. The van der Waals surface area contributed by atoms with Crippen molar-refractivity contribution in [2.45, 2.75) is 46.1 Å². The largest absolute Gasteiger partial charge is 0.444 e. The Kier molecular flexibility index (Phi) is 4.54. The second-order valence-electron chi connectivity index (χ2n) is 5.80. The molecule has 1 fully saturated rings. The van der Waals surface area contributed by atoms with E-state index >= 15 is 0 Å². The van der Waals surface area contributed by atoms with Crippen LogP contribution in [-0.2, 0) is 9.53 Å². The molecule has 0 aromatic heterocycles. The third-order valence-electron chi connectivity index (χ3n) is 3.15. The highest BCUT2D eigenvalue weighted by atomic mass is 16.6. The first-order chi connectivity index (χ1) is 7.83. The van der Waals surface area contributed by atoms with E-state index < -0.39 is 5.60 Å². The van der Waals surface area contributed by atoms with Gasteiger partial charge in [0.1, 0.15) is 11.9 Å². The van der Waals surface area contributed by atoms with Crippen LogP contribution in [0.15, 0.2) is 0 Å². The molecule has 17 heavy (non-hydrogen) atoms. The number of ether oxygens (including phenoxy) is 1. The highest BCUT2D eigenvalue weighted by Crippen LogP contribution is 2.24. The van der Waals surface area contributed by atoms with Crippen LogP contribution in [0, 0.1) is 11.8 Å². The third-order valence-corrected chi connectivity index (χ3v) is 3.15. The van der Waals surface area contributed by atoms with Gasteiger partial charge in [-0.05, 0) is 39.5 Å². The molecule has 1 amide bonds. The number of rotatable bonds is 2. The van der Waals surface area contributed by atoms with Gasteiger partial charge in [-0.1, -0.05) is 6.92 Å². The van der Waals surface area contributed by atoms with Crippen molar-refractivity contribution in [3.63, 3.8) is 0 Å². The first-order valence-corrected chi connectivity index (χ1v) is 6.26. The van der Waals surface area contributed by atoms with E-state index in [-0.39, 0.29) is 12.0 Å². The Balaban J connectivity index is 2.41. The van der Waals surface area contributed by atoms with Gasteiger partial charge in [0.05, 0.1) is 0 Å². The number of amides is 1. The summed E-state index contributed by atoms with van der Waals surface area (Å²) in [5.74, 6) is 0.502. The van der Waals surface area contributed by atoms with Gasteiger partial charge in [0.15, 0.2) is 0 Å². The molecule has 4 nitrogen and oxygen atoms in total. The maximum absolute atomic E-state index is 11.8. The normalized spacial score (nSPS) is 19.9. The highest BCUT2D eigenvalue weighted by molar-refractivity contribution is 5.68. The van der Waals surface area contributed by atoms with Gasteiger partial charge in [-0.25, -0.2) is 4.79 Å². The monoisotopic (exact) mass is 241 g/mol. The lowest BCUT2D eigenvalue weighted by Crippen LogP contribution is -2.42. The zero-order chi connectivity index (χ0) is 13.1. The van der Waals surface area contributed by atoms with Crippen LogP contribution in [0.3, 0.4) is 0 Å². The van der Waals surface area contributed by atoms with E-state index in [0.29, 0.717) is 19.0 Å². The van der Waals surface area contributed by atoms with E-state index in [1.807, 2.05) is 27.7 Å². The maximum Gasteiger partial charge on any atom is 0.410 e. The van der Waals surface area contributed by atoms with Gasteiger partial charge < -0.3 is 14.4 Å². The number of hydrogen-bond acceptors (Lipinski definition) is 3. The molecule has 0 bridgehead atoms. The molecule has 0 aromatic carbocycles. The van der Waals surface area contributed by atoms with Crippen LogP contribution in [0.1, 0.15) is 40.5 Å². The predicted octanol–water partition coefficient (Wildman–Crippen LogP) is 2.47. The van der Waals surface area contributed by atoms with E-state index in [1.165, 1.54) is 0 Å². The summed E-state index contributed by atoms with van der Waals surface area (Å²) in [6.07, 6.45) is 2.54. The molecular weight excluding hydrogens is 218 g/mol. The van der Waals surface area contributed by atoms with E-state index in [1.54, 1.807) is 4.90 Å². The quantitative estimate of drug-likeness (QED) is 0.698. The van der Waals surface area contributed by atoms with E-state index in [0.717, 1.165) is 19.1 Å². The van der Waals surface area contributed by atoms with Crippen LogP contribution in [-0.4, -0.2) is 36.0 Å². The molecule has 1 unspecified atom stereocenters. The summed E-state index contributed by atoms with van der Waals surface area (Å²) in [7, 11) is 0. The molecule has 0 aliphatic carbocycles. The van der Waals surface area contributed by atoms with Crippen molar-refractivity contribution in [3.8, 4) is 0 Å². The lowest BCUT2D eigenvalue weighted by molar-refractivity contribution is -0.112. The first kappa shape index (κ1) is 14.0. The number of aldehydes is 1. The average molecular weight is 241 g/mol. The van der Waals surface area contributed by atoms with Crippen molar-refractivity contribution in [2.75, 3.05) is 13.1 Å². The van der Waals surface area contributed by atoms with Crippen LogP contribution >= 0.6 is 0 Å². The standard InChI is InChI=1S/C13H23NO3/c1-10(9-15)11-5-7-14(8-6-11)12(16)17-13(2,3)4/h9-11H,5-8H2,1-4H3. The van der Waals surface area contributed by atoms with Crippen LogP contribution < -0.4 is 0 Å². The molecule has 1 aliphatic rings. The lowest BCUT2D eigenvalue weighted by atomic mass is 9.86. The number of carbonyl (C=O) groups is 2. The topological polar surface area (TPSA) is 46.6 Å². The fraction of sp³-hybridized carbons (Fsp3) is 0.846. The summed E-state index contributed by atoms with van der Waals surface area (Å²) in [4.78, 5) is 24.2. The Hall–Kier alpha value is -1.06. The molecule has 1 saturated heterocycles. The smallest absolute Gasteiger partial charge is 0.410 e. The molecule has 4 heteroatoms. The van der Waals surface area contributed by atoms with Gasteiger partial charge in [0, 0.05) is 19.0 Å². The second-order valence-corrected chi connectivity index (χ2v) is 5.80. The maximum atomic E-state index is 11.8. The predicted molar refractivity (Wildman–Crippen MR) is 65.8 cm³/mol. The van der Waals surface area contributed by atoms with Gasteiger partial charge >= 0.3 is 6.09 Å². The third kappa shape index (κ3) is 4.36. The van der Waals surface area contributed by atoms with E-state index in [4.69, 9.17) is 4.74 Å². The molecule has 1 aliphatic heterocycles. The Bertz CT molecular complexity index is 275. The second kappa shape index (κ2) is 5.52. The van der Waals surface area contributed by atoms with Crippen LogP contribution in [0.25, 0.3) is 0 Å². The molecule has 0 spiro atoms. The minimum atomic E-state index is -0.440. The van der Waals surface area contributed by atoms with Crippen molar-refractivity contribution in [3.05, 3.63) is 0 Å². The Morgan fingerprint density at radius 1 is 1.35 bits per heavy atom. The summed E-state index contributed by atoms with van der Waals surface area (Å²) < 4.78 is 5.32. The fourth-order valence-electron chi connectivity index (χ4n) is 2.05. The Labute approximate surface area is 103 Å². The molecule has 0 N–H and O–H groups in total. The number of carbonyl (C=O) groups excluding carboxylic acids is 2. The summed E-state index contributed by atoms with van der Waals surface area (Å²) in [6, 6.07) is 0. The van der Waals surface area contributed by atoms with Crippen molar-refractivity contribution in [1.82, 2.24) is 4.90 Å². The first-order valence-electron chi connectivity index (χ1n) is 6.26. The van der Waals surface area contributed by atoms with Crippen molar-refractivity contribution in [1.29, 1.82) is 0 Å². The molecule has 0 saturated carbocycles. The summed E-state index contributed by atoms with van der Waals surface area (Å²) in [5, 5.41) is 0. The van der Waals surface area contributed by atoms with E-state index in [2.05, 4.69) is 0 Å². The van der Waals surface area contributed by atoms with E-state index in [9.17, 15) is 9.59 Å². The molecule has 1 atom stereocenters. The summed E-state index contributed by atoms with van der Waals surface area (Å²) in [5.41, 5.74) is -0.440. The number of likely N-dealkylation sites (tertiary alicyclic amines) is 1. The Morgan fingerprint density at radius 2 is 1.88 bits per heavy atom. The fourth-order valence-corrected chi connectivity index (χ4v) is 2.05. The van der Waals surface area contributed by atoms with Crippen molar-refractivity contribution < 1.29 is 14.3 Å². The van der Waals surface area contributed by atoms with Gasteiger partial charge in [-0.3, -0.25) is 0 Å². The summed E-state index contributed by atoms with van der Waals surface area (Å²) in [6.45, 7) is 8.93. The molecular formula is C13H23NO3. The highest BCUT2D eigenvalue weighted by Gasteiger charge is 2.28. The van der Waals surface area contributed by atoms with Crippen LogP contribution in [0.5, 0.6) is 0 Å². The van der Waals surface area contributed by atoms with Crippen LogP contribution in [0.4, 0.5) is 4.79 Å². The van der Waals surface area contributed by atoms with Gasteiger partial charge in [0.2, 0.25) is 0 Å². The number of hydrogen-bond donors (Lipinski definition) is 0. The number of piperidine rings is 1. The molecule has 98 valence electrons. The minimum Gasteiger partial charge on any atom is -0.444 e. The van der Waals surface area contributed by atoms with Crippen LogP contribution in [0.2, 0.25) is 0 Å². The number of nitrogens with zero attached hydrogens (tertiary/aromatic N) is 1.